The van der Waals surface area contributed by atoms with Crippen LogP contribution in [0.25, 0.3) is 0 Å². The van der Waals surface area contributed by atoms with Gasteiger partial charge >= 0.3 is 0 Å². The highest BCUT2D eigenvalue weighted by Gasteiger charge is 2.18. The van der Waals surface area contributed by atoms with E-state index in [9.17, 15) is 9.59 Å². The molecule has 0 atom stereocenters. The van der Waals surface area contributed by atoms with Crippen molar-refractivity contribution in [1.82, 2.24) is 9.88 Å². The summed E-state index contributed by atoms with van der Waals surface area (Å²) in [5, 5.41) is 6.41. The quantitative estimate of drug-likeness (QED) is 0.710. The summed E-state index contributed by atoms with van der Waals surface area (Å²) in [7, 11) is 3.54. The molecular formula is C15H19N5O2S. The number of likely N-dealkylation sites (N-methyl/N-ethyl adjacent to an activating group) is 1. The Morgan fingerprint density at radius 2 is 2.00 bits per heavy atom. The largest absolute Gasteiger partial charge is 0.365 e. The second kappa shape index (κ2) is 7.70. The SMILES string of the molecule is CNc1nc(C(N)=O)c(NC(=O)CN(C)Cc2ccccc2)s1. The van der Waals surface area contributed by atoms with Crippen LogP contribution in [0.3, 0.4) is 0 Å². The van der Waals surface area contributed by atoms with Gasteiger partial charge in [-0.05, 0) is 12.6 Å². The molecule has 0 saturated carbocycles. The molecule has 1 heterocycles. The van der Waals surface area contributed by atoms with Crippen LogP contribution in [-0.2, 0) is 11.3 Å². The molecule has 4 N–H and O–H groups in total. The molecule has 0 aliphatic carbocycles. The number of thiazole rings is 1. The molecule has 7 nitrogen and oxygen atoms in total. The molecule has 2 amide bonds. The van der Waals surface area contributed by atoms with E-state index in [1.807, 2.05) is 42.3 Å². The van der Waals surface area contributed by atoms with Gasteiger partial charge in [0.2, 0.25) is 5.91 Å². The number of amides is 2. The fourth-order valence-corrected chi connectivity index (χ4v) is 2.88. The number of anilines is 2. The molecule has 8 heteroatoms. The second-order valence-corrected chi connectivity index (χ2v) is 6.02. The standard InChI is InChI=1S/C15H19N5O2S/c1-17-15-19-12(13(16)22)14(23-15)18-11(21)9-20(2)8-10-6-4-3-5-7-10/h3-7H,8-9H2,1-2H3,(H2,16,22)(H,17,19)(H,18,21). The Morgan fingerprint density at radius 3 is 2.61 bits per heavy atom. The molecule has 0 bridgehead atoms. The Hall–Kier alpha value is -2.45. The van der Waals surface area contributed by atoms with Crippen molar-refractivity contribution in [1.29, 1.82) is 0 Å². The molecule has 2 rings (SSSR count). The molecule has 1 aromatic carbocycles. The average Bonchev–Trinajstić information content (AvgIpc) is 2.91. The van der Waals surface area contributed by atoms with Gasteiger partial charge in [-0.15, -0.1) is 0 Å². The highest BCUT2D eigenvalue weighted by molar-refractivity contribution is 7.20. The van der Waals surface area contributed by atoms with Crippen molar-refractivity contribution >= 4 is 33.3 Å². The number of hydrogen-bond donors (Lipinski definition) is 3. The first-order chi connectivity index (χ1) is 11.0. The molecule has 0 saturated heterocycles. The van der Waals surface area contributed by atoms with Gasteiger partial charge in [-0.25, -0.2) is 4.98 Å². The number of nitrogens with one attached hydrogen (secondary N) is 2. The molecule has 23 heavy (non-hydrogen) atoms. The molecule has 2 aromatic rings. The van der Waals surface area contributed by atoms with Crippen LogP contribution >= 0.6 is 11.3 Å². The van der Waals surface area contributed by atoms with Crippen molar-refractivity contribution in [3.63, 3.8) is 0 Å². The van der Waals surface area contributed by atoms with Crippen LogP contribution in [0.15, 0.2) is 30.3 Å². The number of benzene rings is 1. The molecular weight excluding hydrogens is 314 g/mol. The third-order valence-corrected chi connectivity index (χ3v) is 4.02. The number of rotatable bonds is 7. The normalized spacial score (nSPS) is 10.6. The summed E-state index contributed by atoms with van der Waals surface area (Å²) in [6.07, 6.45) is 0. The van der Waals surface area contributed by atoms with Crippen LogP contribution in [-0.4, -0.2) is 42.3 Å². The van der Waals surface area contributed by atoms with Crippen molar-refractivity contribution in [3.8, 4) is 0 Å². The Balaban J connectivity index is 1.96. The summed E-state index contributed by atoms with van der Waals surface area (Å²) in [6.45, 7) is 0.848. The molecule has 122 valence electrons. The van der Waals surface area contributed by atoms with Gasteiger partial charge in [0.1, 0.15) is 5.00 Å². The van der Waals surface area contributed by atoms with Crippen LogP contribution in [0.5, 0.6) is 0 Å². The zero-order chi connectivity index (χ0) is 16.8. The van der Waals surface area contributed by atoms with E-state index >= 15 is 0 Å². The second-order valence-electron chi connectivity index (χ2n) is 5.02. The van der Waals surface area contributed by atoms with Gasteiger partial charge < -0.3 is 16.4 Å². The average molecular weight is 333 g/mol. The number of hydrogen-bond acceptors (Lipinski definition) is 6. The van der Waals surface area contributed by atoms with Crippen molar-refractivity contribution in [2.45, 2.75) is 6.54 Å². The number of nitrogens with two attached hydrogens (primary N) is 1. The monoisotopic (exact) mass is 333 g/mol. The fourth-order valence-electron chi connectivity index (χ4n) is 2.04. The Morgan fingerprint density at radius 1 is 1.30 bits per heavy atom. The minimum atomic E-state index is -0.671. The van der Waals surface area contributed by atoms with Gasteiger partial charge in [-0.3, -0.25) is 14.5 Å². The number of carbonyl (C=O) groups is 2. The Bertz CT molecular complexity index is 686. The van der Waals surface area contributed by atoms with E-state index in [1.165, 1.54) is 11.3 Å². The van der Waals surface area contributed by atoms with Crippen molar-refractivity contribution in [2.24, 2.45) is 5.73 Å². The van der Waals surface area contributed by atoms with E-state index in [-0.39, 0.29) is 18.1 Å². The summed E-state index contributed by atoms with van der Waals surface area (Å²) in [5.41, 5.74) is 6.47. The van der Waals surface area contributed by atoms with Crippen molar-refractivity contribution < 1.29 is 9.59 Å². The Kier molecular flexibility index (Phi) is 5.67. The zero-order valence-corrected chi connectivity index (χ0v) is 13.8. The predicted molar refractivity (Wildman–Crippen MR) is 91.6 cm³/mol. The molecule has 0 radical (unpaired) electrons. The topological polar surface area (TPSA) is 100 Å². The van der Waals surface area contributed by atoms with E-state index in [0.29, 0.717) is 16.7 Å². The van der Waals surface area contributed by atoms with Gasteiger partial charge in [-0.2, -0.15) is 0 Å². The summed E-state index contributed by atoms with van der Waals surface area (Å²) < 4.78 is 0. The lowest BCUT2D eigenvalue weighted by molar-refractivity contribution is -0.117. The van der Waals surface area contributed by atoms with E-state index in [4.69, 9.17) is 5.73 Å². The van der Waals surface area contributed by atoms with Crippen LogP contribution in [0.4, 0.5) is 10.1 Å². The fraction of sp³-hybridized carbons (Fsp3) is 0.267. The molecule has 0 unspecified atom stereocenters. The summed E-state index contributed by atoms with van der Waals surface area (Å²) in [4.78, 5) is 29.4. The van der Waals surface area contributed by atoms with Gasteiger partial charge in [0, 0.05) is 13.6 Å². The maximum absolute atomic E-state index is 12.1. The minimum absolute atomic E-state index is 0.0680. The van der Waals surface area contributed by atoms with Crippen LogP contribution in [0.2, 0.25) is 0 Å². The smallest absolute Gasteiger partial charge is 0.270 e. The lowest BCUT2D eigenvalue weighted by Gasteiger charge is -2.16. The van der Waals surface area contributed by atoms with E-state index < -0.39 is 5.91 Å². The van der Waals surface area contributed by atoms with Crippen molar-refractivity contribution in [2.75, 3.05) is 31.3 Å². The maximum Gasteiger partial charge on any atom is 0.270 e. The number of carbonyl (C=O) groups excluding carboxylic acids is 2. The first-order valence-corrected chi connectivity index (χ1v) is 7.82. The highest BCUT2D eigenvalue weighted by atomic mass is 32.1. The van der Waals surface area contributed by atoms with E-state index in [0.717, 1.165) is 5.56 Å². The van der Waals surface area contributed by atoms with E-state index in [2.05, 4.69) is 15.6 Å². The molecule has 0 aliphatic heterocycles. The van der Waals surface area contributed by atoms with Gasteiger partial charge in [-0.1, -0.05) is 41.7 Å². The summed E-state index contributed by atoms with van der Waals surface area (Å²) in [5.74, 6) is -0.895. The first kappa shape index (κ1) is 16.9. The van der Waals surface area contributed by atoms with Crippen LogP contribution in [0, 0.1) is 0 Å². The van der Waals surface area contributed by atoms with Gasteiger partial charge in [0.25, 0.3) is 5.91 Å². The number of nitrogens with zero attached hydrogens (tertiary/aromatic N) is 2. The van der Waals surface area contributed by atoms with Gasteiger partial charge in [0.05, 0.1) is 6.54 Å². The lowest BCUT2D eigenvalue weighted by atomic mass is 10.2. The highest BCUT2D eigenvalue weighted by Crippen LogP contribution is 2.27. The molecule has 0 spiro atoms. The molecule has 0 fully saturated rings. The van der Waals surface area contributed by atoms with Crippen molar-refractivity contribution in [3.05, 3.63) is 41.6 Å². The number of aromatic nitrogens is 1. The predicted octanol–water partition coefficient (Wildman–Crippen LogP) is 1.35. The van der Waals surface area contributed by atoms with E-state index in [1.54, 1.807) is 7.05 Å². The maximum atomic E-state index is 12.1. The van der Waals surface area contributed by atoms with Crippen LogP contribution in [0.1, 0.15) is 16.1 Å². The molecule has 0 aliphatic rings. The third-order valence-electron chi connectivity index (χ3n) is 3.04. The zero-order valence-electron chi connectivity index (χ0n) is 13.0. The van der Waals surface area contributed by atoms with Crippen LogP contribution < -0.4 is 16.4 Å². The third kappa shape index (κ3) is 4.76. The summed E-state index contributed by atoms with van der Waals surface area (Å²) >= 11 is 1.17. The Labute approximate surface area is 138 Å². The van der Waals surface area contributed by atoms with Gasteiger partial charge in [0.15, 0.2) is 10.8 Å². The lowest BCUT2D eigenvalue weighted by Crippen LogP contribution is -2.30. The minimum Gasteiger partial charge on any atom is -0.365 e. The summed E-state index contributed by atoms with van der Waals surface area (Å²) in [6, 6.07) is 9.87. The first-order valence-electron chi connectivity index (χ1n) is 7.00. The molecule has 1 aromatic heterocycles. The number of primary amides is 1.